The fraction of sp³-hybridized carbons (Fsp3) is 0.0385. The number of nitrogens with zero attached hydrogens (tertiary/aromatic N) is 5. The topological polar surface area (TPSA) is 94.8 Å². The Balaban J connectivity index is 1.39. The second-order valence-corrected chi connectivity index (χ2v) is 9.45. The van der Waals surface area contributed by atoms with Crippen LogP contribution in [0.3, 0.4) is 0 Å². The first-order valence-corrected chi connectivity index (χ1v) is 12.7. The molecule has 0 aliphatic carbocycles. The third kappa shape index (κ3) is 6.26. The highest BCUT2D eigenvalue weighted by molar-refractivity contribution is 7.98. The zero-order valence-electron chi connectivity index (χ0n) is 19.1. The summed E-state index contributed by atoms with van der Waals surface area (Å²) in [7, 11) is 0. The maximum atomic E-state index is 13.2. The van der Waals surface area contributed by atoms with E-state index in [0.717, 1.165) is 5.75 Å². The highest BCUT2D eigenvalue weighted by Crippen LogP contribution is 2.27. The van der Waals surface area contributed by atoms with Crippen LogP contribution in [-0.4, -0.2) is 30.9 Å². The van der Waals surface area contributed by atoms with E-state index in [9.17, 15) is 4.79 Å². The Hall–Kier alpha value is -3.92. The maximum Gasteiger partial charge on any atom is 0.278 e. The van der Waals surface area contributed by atoms with Crippen molar-refractivity contribution in [1.82, 2.24) is 25.0 Å². The number of halogens is 2. The maximum absolute atomic E-state index is 13.2. The number of hydrogen-bond donors (Lipinski definition) is 1. The van der Waals surface area contributed by atoms with Gasteiger partial charge in [-0.1, -0.05) is 58.4 Å². The summed E-state index contributed by atoms with van der Waals surface area (Å²) in [5, 5.41) is 12.7. The molecule has 0 aliphatic rings. The number of ether oxygens (including phenoxy) is 1. The van der Waals surface area contributed by atoms with E-state index >= 15 is 0 Å². The molecule has 0 bridgehead atoms. The van der Waals surface area contributed by atoms with E-state index in [1.54, 1.807) is 65.6 Å². The Morgan fingerprint density at radius 1 is 0.892 bits per heavy atom. The van der Waals surface area contributed by atoms with Crippen molar-refractivity contribution in [3.8, 4) is 17.2 Å². The molecule has 0 aliphatic heterocycles. The number of carbonyl (C=O) groups is 1. The summed E-state index contributed by atoms with van der Waals surface area (Å²) in [5.41, 5.74) is 1.85. The van der Waals surface area contributed by atoms with Crippen molar-refractivity contribution >= 4 is 46.6 Å². The minimum absolute atomic E-state index is 0.157. The lowest BCUT2D eigenvalue weighted by Gasteiger charge is -2.10. The van der Waals surface area contributed by atoms with Crippen LogP contribution in [-0.2, 0) is 5.75 Å². The van der Waals surface area contributed by atoms with Gasteiger partial charge in [-0.15, -0.1) is 5.10 Å². The first kappa shape index (κ1) is 24.8. The van der Waals surface area contributed by atoms with Gasteiger partial charge in [0.15, 0.2) is 10.9 Å². The van der Waals surface area contributed by atoms with E-state index in [4.69, 9.17) is 27.9 Å². The van der Waals surface area contributed by atoms with Crippen molar-refractivity contribution in [1.29, 1.82) is 0 Å². The van der Waals surface area contributed by atoms with Gasteiger partial charge in [-0.05, 0) is 60.7 Å². The number of nitrogens with one attached hydrogen (secondary N) is 1. The van der Waals surface area contributed by atoms with Crippen molar-refractivity contribution < 1.29 is 9.53 Å². The predicted molar refractivity (Wildman–Crippen MR) is 144 cm³/mol. The zero-order valence-corrected chi connectivity index (χ0v) is 21.4. The summed E-state index contributed by atoms with van der Waals surface area (Å²) in [6.07, 6.45) is 3.31. The molecule has 8 nitrogen and oxygen atoms in total. The van der Waals surface area contributed by atoms with Crippen LogP contribution in [0.25, 0.3) is 5.69 Å². The molecule has 0 saturated carbocycles. The van der Waals surface area contributed by atoms with Gasteiger partial charge >= 0.3 is 0 Å². The van der Waals surface area contributed by atoms with E-state index in [1.165, 1.54) is 11.8 Å². The summed E-state index contributed by atoms with van der Waals surface area (Å²) >= 11 is 13.8. The van der Waals surface area contributed by atoms with E-state index in [0.29, 0.717) is 43.8 Å². The molecule has 3 aromatic carbocycles. The highest BCUT2D eigenvalue weighted by atomic mass is 35.5. The lowest BCUT2D eigenvalue weighted by molar-refractivity contribution is 0.102. The number of amides is 1. The number of rotatable bonds is 8. The van der Waals surface area contributed by atoms with Crippen LogP contribution >= 0.6 is 35.0 Å². The standard InChI is InChI=1S/C26H18Cl2N6O2S/c27-17-13-18(28)15-20(14-17)34-23(16-37-26-29-11-4-12-30-26)24(32-33-34)25(35)31-19-7-9-22(10-8-19)36-21-5-2-1-3-6-21/h1-15H,16H2,(H,31,35). The molecule has 1 amide bonds. The van der Waals surface area contributed by atoms with Crippen LogP contribution in [0.2, 0.25) is 10.0 Å². The minimum Gasteiger partial charge on any atom is -0.457 e. The molecule has 2 heterocycles. The number of thioether (sulfide) groups is 1. The second-order valence-electron chi connectivity index (χ2n) is 7.64. The number of anilines is 1. The van der Waals surface area contributed by atoms with Crippen LogP contribution < -0.4 is 10.1 Å². The quantitative estimate of drug-likeness (QED) is 0.170. The van der Waals surface area contributed by atoms with Crippen LogP contribution in [0.5, 0.6) is 11.5 Å². The summed E-state index contributed by atoms with van der Waals surface area (Å²) in [6.45, 7) is 0. The molecule has 0 spiro atoms. The van der Waals surface area contributed by atoms with Gasteiger partial charge < -0.3 is 10.1 Å². The van der Waals surface area contributed by atoms with Crippen molar-refractivity contribution in [3.63, 3.8) is 0 Å². The third-order valence-corrected chi connectivity index (χ3v) is 6.36. The molecule has 0 atom stereocenters. The SMILES string of the molecule is O=C(Nc1ccc(Oc2ccccc2)cc1)c1nnn(-c2cc(Cl)cc(Cl)c2)c1CSc1ncccn1. The van der Waals surface area contributed by atoms with Gasteiger partial charge in [0.1, 0.15) is 11.5 Å². The van der Waals surface area contributed by atoms with Crippen LogP contribution in [0.15, 0.2) is 96.4 Å². The summed E-state index contributed by atoms with van der Waals surface area (Å²) in [4.78, 5) is 21.7. The largest absolute Gasteiger partial charge is 0.457 e. The highest BCUT2D eigenvalue weighted by Gasteiger charge is 2.22. The molecule has 5 rings (SSSR count). The lowest BCUT2D eigenvalue weighted by Crippen LogP contribution is -2.15. The molecule has 0 saturated heterocycles. The van der Waals surface area contributed by atoms with Gasteiger partial charge in [0.2, 0.25) is 0 Å². The molecule has 0 fully saturated rings. The van der Waals surface area contributed by atoms with Gasteiger partial charge in [0, 0.05) is 33.9 Å². The van der Waals surface area contributed by atoms with Crippen molar-refractivity contribution in [3.05, 3.63) is 113 Å². The molecular weight excluding hydrogens is 531 g/mol. The summed E-state index contributed by atoms with van der Waals surface area (Å²) in [6, 6.07) is 23.3. The fourth-order valence-electron chi connectivity index (χ4n) is 3.39. The Morgan fingerprint density at radius 2 is 1.57 bits per heavy atom. The molecule has 5 aromatic rings. The number of carbonyl (C=O) groups excluding carboxylic acids is 1. The molecule has 0 radical (unpaired) electrons. The Bertz CT molecular complexity index is 1500. The second kappa shape index (κ2) is 11.4. The monoisotopic (exact) mass is 548 g/mol. The molecule has 37 heavy (non-hydrogen) atoms. The number of para-hydroxylation sites is 1. The molecule has 0 unspecified atom stereocenters. The van der Waals surface area contributed by atoms with E-state index in [1.807, 2.05) is 30.3 Å². The lowest BCUT2D eigenvalue weighted by atomic mass is 10.2. The number of hydrogen-bond acceptors (Lipinski definition) is 7. The molecule has 1 N–H and O–H groups in total. The van der Waals surface area contributed by atoms with Gasteiger partial charge in [-0.3, -0.25) is 4.79 Å². The van der Waals surface area contributed by atoms with Crippen LogP contribution in [0, 0.1) is 0 Å². The van der Waals surface area contributed by atoms with E-state index in [-0.39, 0.29) is 5.69 Å². The average molecular weight is 549 g/mol. The van der Waals surface area contributed by atoms with Crippen LogP contribution in [0.4, 0.5) is 5.69 Å². The first-order chi connectivity index (χ1) is 18.0. The zero-order chi connectivity index (χ0) is 25.6. The molecule has 11 heteroatoms. The van der Waals surface area contributed by atoms with E-state index < -0.39 is 5.91 Å². The van der Waals surface area contributed by atoms with Gasteiger partial charge in [-0.25, -0.2) is 14.6 Å². The van der Waals surface area contributed by atoms with Crippen molar-refractivity contribution in [2.75, 3.05) is 5.32 Å². The Labute approximate surface area is 226 Å². The van der Waals surface area contributed by atoms with Gasteiger partial charge in [0.25, 0.3) is 5.91 Å². The summed E-state index contributed by atoms with van der Waals surface area (Å²) < 4.78 is 7.35. The minimum atomic E-state index is -0.416. The molecule has 184 valence electrons. The summed E-state index contributed by atoms with van der Waals surface area (Å²) in [5.74, 6) is 1.28. The van der Waals surface area contributed by atoms with Crippen molar-refractivity contribution in [2.24, 2.45) is 0 Å². The Kier molecular flexibility index (Phi) is 7.65. The number of aromatic nitrogens is 5. The number of benzene rings is 3. The van der Waals surface area contributed by atoms with Crippen molar-refractivity contribution in [2.45, 2.75) is 10.9 Å². The normalized spacial score (nSPS) is 10.8. The molecule has 2 aromatic heterocycles. The smallest absolute Gasteiger partial charge is 0.278 e. The van der Waals surface area contributed by atoms with Gasteiger partial charge in [0.05, 0.1) is 11.4 Å². The van der Waals surface area contributed by atoms with Crippen LogP contribution in [0.1, 0.15) is 16.2 Å². The van der Waals surface area contributed by atoms with E-state index in [2.05, 4.69) is 25.6 Å². The predicted octanol–water partition coefficient (Wildman–Crippen LogP) is 6.70. The molecular formula is C26H18Cl2N6O2S. The first-order valence-electron chi connectivity index (χ1n) is 11.0. The average Bonchev–Trinajstić information content (AvgIpc) is 3.33. The van der Waals surface area contributed by atoms with Gasteiger partial charge in [-0.2, -0.15) is 0 Å². The third-order valence-electron chi connectivity index (χ3n) is 5.04. The fourth-order valence-corrected chi connectivity index (χ4v) is 4.70. The Morgan fingerprint density at radius 3 is 2.27 bits per heavy atom.